The topological polar surface area (TPSA) is 29.3 Å². The highest BCUT2D eigenvalue weighted by Crippen LogP contribution is 2.27. The summed E-state index contributed by atoms with van der Waals surface area (Å²) in [5, 5.41) is 1.87. The first-order valence-electron chi connectivity index (χ1n) is 5.41. The van der Waals surface area contributed by atoms with E-state index in [0.717, 1.165) is 12.8 Å². The van der Waals surface area contributed by atoms with Gasteiger partial charge in [0.15, 0.2) is 0 Å². The quantitative estimate of drug-likeness (QED) is 0.640. The summed E-state index contributed by atoms with van der Waals surface area (Å²) >= 11 is 0. The molecule has 0 radical (unpaired) electrons. The number of rotatable bonds is 0. The number of anilines is 1. The zero-order valence-electron chi connectivity index (χ0n) is 9.33. The van der Waals surface area contributed by atoms with Crippen LogP contribution in [0, 0.1) is 0 Å². The van der Waals surface area contributed by atoms with E-state index in [4.69, 9.17) is 5.84 Å². The van der Waals surface area contributed by atoms with Crippen molar-refractivity contribution in [1.82, 2.24) is 0 Å². The van der Waals surface area contributed by atoms with Crippen LogP contribution in [0.5, 0.6) is 0 Å². The number of aryl methyl sites for hydroxylation is 1. The minimum atomic E-state index is 0.472. The molecule has 0 spiro atoms. The normalized spacial score (nSPS) is 19.4. The largest absolute Gasteiger partial charge is 0.308 e. The standard InChI is InChI=1S/C10H14N2.C2H6/c1-8-6-7-9-4-2-3-5-10(9)12(8)11;1-2/h2-5,8H,6-7,11H2,1H3;1-2H3. The van der Waals surface area contributed by atoms with E-state index in [1.165, 1.54) is 11.3 Å². The van der Waals surface area contributed by atoms with Crippen LogP contribution in [-0.2, 0) is 6.42 Å². The Bertz CT molecular complexity index is 283. The van der Waals surface area contributed by atoms with Crippen molar-refractivity contribution < 1.29 is 0 Å². The molecule has 14 heavy (non-hydrogen) atoms. The molecule has 1 aromatic carbocycles. The highest BCUT2D eigenvalue weighted by molar-refractivity contribution is 5.54. The van der Waals surface area contributed by atoms with Crippen molar-refractivity contribution >= 4 is 5.69 Å². The Labute approximate surface area is 86.7 Å². The van der Waals surface area contributed by atoms with Gasteiger partial charge in [0.1, 0.15) is 0 Å². The lowest BCUT2D eigenvalue weighted by Gasteiger charge is -2.32. The maximum absolute atomic E-state index is 5.92. The molecule has 0 fully saturated rings. The lowest BCUT2D eigenvalue weighted by molar-refractivity contribution is 0.574. The molecule has 1 aliphatic heterocycles. The molecule has 1 atom stereocenters. The lowest BCUT2D eigenvalue weighted by Crippen LogP contribution is -2.42. The number of benzene rings is 1. The number of nitrogens with two attached hydrogens (primary N) is 1. The Balaban J connectivity index is 0.000000461. The van der Waals surface area contributed by atoms with E-state index < -0.39 is 0 Å². The Morgan fingerprint density at radius 2 is 1.93 bits per heavy atom. The van der Waals surface area contributed by atoms with Gasteiger partial charge in [-0.3, -0.25) is 0 Å². The Kier molecular flexibility index (Phi) is 3.96. The molecule has 1 unspecified atom stereocenters. The number of hydrogen-bond acceptors (Lipinski definition) is 2. The fourth-order valence-electron chi connectivity index (χ4n) is 1.72. The molecule has 0 aromatic heterocycles. The zero-order chi connectivity index (χ0) is 10.6. The van der Waals surface area contributed by atoms with E-state index in [-0.39, 0.29) is 0 Å². The number of hydrogen-bond donors (Lipinski definition) is 1. The predicted octanol–water partition coefficient (Wildman–Crippen LogP) is 2.73. The number of nitrogens with zero attached hydrogens (tertiary/aromatic N) is 1. The minimum absolute atomic E-state index is 0.472. The monoisotopic (exact) mass is 192 g/mol. The van der Waals surface area contributed by atoms with E-state index in [9.17, 15) is 0 Å². The molecular formula is C12H20N2. The summed E-state index contributed by atoms with van der Waals surface area (Å²) in [6.45, 7) is 6.16. The lowest BCUT2D eigenvalue weighted by atomic mass is 9.98. The van der Waals surface area contributed by atoms with Crippen LogP contribution in [0.15, 0.2) is 24.3 Å². The van der Waals surface area contributed by atoms with Gasteiger partial charge in [0.05, 0.1) is 5.69 Å². The van der Waals surface area contributed by atoms with Crippen molar-refractivity contribution in [2.75, 3.05) is 5.01 Å². The van der Waals surface area contributed by atoms with Crippen LogP contribution in [0.3, 0.4) is 0 Å². The van der Waals surface area contributed by atoms with Gasteiger partial charge >= 0.3 is 0 Å². The maximum Gasteiger partial charge on any atom is 0.0552 e. The second-order valence-corrected chi connectivity index (χ2v) is 3.42. The molecule has 2 rings (SSSR count). The average Bonchev–Trinajstić information content (AvgIpc) is 2.27. The van der Waals surface area contributed by atoms with E-state index in [1.54, 1.807) is 0 Å². The van der Waals surface area contributed by atoms with Gasteiger partial charge in [0.2, 0.25) is 0 Å². The molecule has 2 N–H and O–H groups in total. The molecule has 2 nitrogen and oxygen atoms in total. The zero-order valence-corrected chi connectivity index (χ0v) is 9.33. The summed E-state index contributed by atoms with van der Waals surface area (Å²) in [5.41, 5.74) is 2.56. The van der Waals surface area contributed by atoms with Crippen molar-refractivity contribution in [2.24, 2.45) is 5.84 Å². The number of para-hydroxylation sites is 1. The van der Waals surface area contributed by atoms with Crippen molar-refractivity contribution in [3.8, 4) is 0 Å². The first-order chi connectivity index (χ1) is 6.79. The third kappa shape index (κ3) is 2.07. The third-order valence-electron chi connectivity index (χ3n) is 2.58. The molecule has 1 aromatic rings. The van der Waals surface area contributed by atoms with Gasteiger partial charge in [-0.05, 0) is 31.4 Å². The molecule has 1 heterocycles. The molecule has 0 saturated heterocycles. The van der Waals surface area contributed by atoms with Gasteiger partial charge in [-0.25, -0.2) is 5.84 Å². The molecule has 0 aliphatic carbocycles. The van der Waals surface area contributed by atoms with Gasteiger partial charge in [-0.15, -0.1) is 0 Å². The van der Waals surface area contributed by atoms with Crippen molar-refractivity contribution in [1.29, 1.82) is 0 Å². The smallest absolute Gasteiger partial charge is 0.0552 e. The SMILES string of the molecule is CC.CC1CCc2ccccc2N1N. The molecule has 2 heteroatoms. The van der Waals surface area contributed by atoms with E-state index in [0.29, 0.717) is 6.04 Å². The number of hydrazine groups is 1. The molecule has 0 bridgehead atoms. The molecule has 0 amide bonds. The van der Waals surface area contributed by atoms with E-state index >= 15 is 0 Å². The van der Waals surface area contributed by atoms with Crippen LogP contribution >= 0.6 is 0 Å². The van der Waals surface area contributed by atoms with Crippen LogP contribution in [0.2, 0.25) is 0 Å². The van der Waals surface area contributed by atoms with Gasteiger partial charge in [0.25, 0.3) is 0 Å². The maximum atomic E-state index is 5.92. The van der Waals surface area contributed by atoms with Crippen LogP contribution < -0.4 is 10.9 Å². The van der Waals surface area contributed by atoms with Crippen molar-refractivity contribution in [3.63, 3.8) is 0 Å². The fourth-order valence-corrected chi connectivity index (χ4v) is 1.72. The van der Waals surface area contributed by atoms with Crippen molar-refractivity contribution in [2.45, 2.75) is 39.7 Å². The first kappa shape index (κ1) is 11.1. The van der Waals surface area contributed by atoms with Crippen LogP contribution in [0.4, 0.5) is 5.69 Å². The first-order valence-corrected chi connectivity index (χ1v) is 5.41. The fraction of sp³-hybridized carbons (Fsp3) is 0.500. The second-order valence-electron chi connectivity index (χ2n) is 3.42. The average molecular weight is 192 g/mol. The Morgan fingerprint density at radius 1 is 1.29 bits per heavy atom. The van der Waals surface area contributed by atoms with Gasteiger partial charge in [0, 0.05) is 6.04 Å². The highest BCUT2D eigenvalue weighted by Gasteiger charge is 2.19. The summed E-state index contributed by atoms with van der Waals surface area (Å²) in [5.74, 6) is 5.92. The Morgan fingerprint density at radius 3 is 2.64 bits per heavy atom. The van der Waals surface area contributed by atoms with Crippen LogP contribution in [-0.4, -0.2) is 6.04 Å². The summed E-state index contributed by atoms with van der Waals surface area (Å²) < 4.78 is 0. The highest BCUT2D eigenvalue weighted by atomic mass is 15.4. The van der Waals surface area contributed by atoms with E-state index in [2.05, 4.69) is 25.1 Å². The van der Waals surface area contributed by atoms with Crippen LogP contribution in [0.1, 0.15) is 32.8 Å². The molecule has 0 saturated carbocycles. The summed E-state index contributed by atoms with van der Waals surface area (Å²) in [4.78, 5) is 0. The van der Waals surface area contributed by atoms with E-state index in [1.807, 2.05) is 24.9 Å². The summed E-state index contributed by atoms with van der Waals surface area (Å²) in [7, 11) is 0. The summed E-state index contributed by atoms with van der Waals surface area (Å²) in [6.07, 6.45) is 2.32. The summed E-state index contributed by atoms with van der Waals surface area (Å²) in [6, 6.07) is 8.82. The molecular weight excluding hydrogens is 172 g/mol. The third-order valence-corrected chi connectivity index (χ3v) is 2.58. The van der Waals surface area contributed by atoms with Gasteiger partial charge in [-0.1, -0.05) is 32.0 Å². The minimum Gasteiger partial charge on any atom is -0.308 e. The van der Waals surface area contributed by atoms with Gasteiger partial charge < -0.3 is 5.01 Å². The Hall–Kier alpha value is -1.02. The number of fused-ring (bicyclic) bond motifs is 1. The second kappa shape index (κ2) is 5.01. The molecule has 1 aliphatic rings. The van der Waals surface area contributed by atoms with Crippen molar-refractivity contribution in [3.05, 3.63) is 29.8 Å². The van der Waals surface area contributed by atoms with Crippen LogP contribution in [0.25, 0.3) is 0 Å². The predicted molar refractivity (Wildman–Crippen MR) is 62.2 cm³/mol. The molecule has 78 valence electrons. The van der Waals surface area contributed by atoms with Gasteiger partial charge in [-0.2, -0.15) is 0 Å².